The van der Waals surface area contributed by atoms with E-state index in [0.29, 0.717) is 36.9 Å². The summed E-state index contributed by atoms with van der Waals surface area (Å²) in [4.78, 5) is 28.0. The molecule has 1 aliphatic heterocycles. The molecule has 5 nitrogen and oxygen atoms in total. The quantitative estimate of drug-likeness (QED) is 0.868. The fourth-order valence-corrected chi connectivity index (χ4v) is 5.40. The minimum absolute atomic E-state index is 0.00702. The van der Waals surface area contributed by atoms with Gasteiger partial charge in [-0.2, -0.15) is 0 Å². The number of amides is 2. The topological polar surface area (TPSA) is 58.6 Å². The van der Waals surface area contributed by atoms with Gasteiger partial charge in [-0.15, -0.1) is 11.3 Å². The second kappa shape index (κ2) is 6.31. The maximum atomic E-state index is 13.2. The molecule has 2 amide bonds. The molecule has 0 bridgehead atoms. The first-order chi connectivity index (χ1) is 12.7. The highest BCUT2D eigenvalue weighted by molar-refractivity contribution is 7.23. The van der Waals surface area contributed by atoms with Crippen LogP contribution in [0.3, 0.4) is 0 Å². The first-order valence-electron chi connectivity index (χ1n) is 9.44. The number of rotatable bonds is 3. The van der Waals surface area contributed by atoms with E-state index in [2.05, 4.69) is 33.0 Å². The van der Waals surface area contributed by atoms with Gasteiger partial charge >= 0.3 is 0 Å². The van der Waals surface area contributed by atoms with Gasteiger partial charge in [-0.3, -0.25) is 9.59 Å². The third-order valence-corrected chi connectivity index (χ3v) is 7.71. The molecule has 1 saturated carbocycles. The van der Waals surface area contributed by atoms with Crippen LogP contribution in [0.2, 0.25) is 0 Å². The molecule has 6 heteroatoms. The lowest BCUT2D eigenvalue weighted by Crippen LogP contribution is -2.40. The van der Waals surface area contributed by atoms with Crippen molar-refractivity contribution in [3.63, 3.8) is 0 Å². The first kappa shape index (κ1) is 18.4. The van der Waals surface area contributed by atoms with E-state index in [9.17, 15) is 9.59 Å². The van der Waals surface area contributed by atoms with Gasteiger partial charge < -0.3 is 15.0 Å². The molecule has 1 aliphatic carbocycles. The van der Waals surface area contributed by atoms with Gasteiger partial charge in [-0.05, 0) is 16.9 Å². The van der Waals surface area contributed by atoms with Crippen LogP contribution in [0.15, 0.2) is 24.3 Å². The third-order valence-electron chi connectivity index (χ3n) is 6.63. The number of hydrogen-bond donors (Lipinski definition) is 1. The predicted octanol–water partition coefficient (Wildman–Crippen LogP) is 3.99. The Morgan fingerprint density at radius 3 is 2.37 bits per heavy atom. The number of nitrogens with zero attached hydrogens (tertiary/aromatic N) is 1. The van der Waals surface area contributed by atoms with Crippen molar-refractivity contribution in [2.24, 2.45) is 16.7 Å². The zero-order valence-electron chi connectivity index (χ0n) is 16.3. The van der Waals surface area contributed by atoms with Crippen LogP contribution >= 0.6 is 11.3 Å². The minimum Gasteiger partial charge on any atom is -0.378 e. The minimum atomic E-state index is -0.0541. The van der Waals surface area contributed by atoms with Crippen LogP contribution in [0.25, 0.3) is 10.1 Å². The van der Waals surface area contributed by atoms with Crippen LogP contribution in [0.5, 0.6) is 0 Å². The fraction of sp³-hybridized carbons (Fsp3) is 0.524. The highest BCUT2D eigenvalue weighted by atomic mass is 32.1. The van der Waals surface area contributed by atoms with E-state index in [1.54, 1.807) is 0 Å². The van der Waals surface area contributed by atoms with Gasteiger partial charge in [0.1, 0.15) is 5.00 Å². The normalized spacial score (nSPS) is 21.3. The van der Waals surface area contributed by atoms with E-state index >= 15 is 0 Å². The zero-order chi connectivity index (χ0) is 19.4. The predicted molar refractivity (Wildman–Crippen MR) is 108 cm³/mol. The maximum absolute atomic E-state index is 13.2. The van der Waals surface area contributed by atoms with Gasteiger partial charge in [0.15, 0.2) is 0 Å². The lowest BCUT2D eigenvalue weighted by atomic mass is 10.0. The van der Waals surface area contributed by atoms with Crippen molar-refractivity contribution < 1.29 is 14.3 Å². The molecule has 2 aromatic rings. The lowest BCUT2D eigenvalue weighted by Gasteiger charge is -2.27. The molecule has 1 saturated heterocycles. The van der Waals surface area contributed by atoms with Crippen LogP contribution in [0.1, 0.15) is 38.1 Å². The molecule has 1 N–H and O–H groups in total. The van der Waals surface area contributed by atoms with E-state index in [0.717, 1.165) is 10.1 Å². The number of hydrogen-bond acceptors (Lipinski definition) is 4. The monoisotopic (exact) mass is 386 g/mol. The van der Waals surface area contributed by atoms with Gasteiger partial charge in [0.2, 0.25) is 5.91 Å². The SMILES string of the molecule is CC1(C)C(C(=O)Nc2sc3ccccc3c2C(=O)N2CCOCC2)C1(C)C. The van der Waals surface area contributed by atoms with Crippen molar-refractivity contribution in [2.75, 3.05) is 31.6 Å². The van der Waals surface area contributed by atoms with Crippen LogP contribution < -0.4 is 5.32 Å². The molecule has 27 heavy (non-hydrogen) atoms. The van der Waals surface area contributed by atoms with Gasteiger partial charge in [0, 0.05) is 29.1 Å². The average molecular weight is 387 g/mol. The largest absolute Gasteiger partial charge is 0.378 e. The number of carbonyl (C=O) groups excluding carboxylic acids is 2. The Labute approximate surface area is 163 Å². The molecule has 2 aliphatic rings. The molecular weight excluding hydrogens is 360 g/mol. The summed E-state index contributed by atoms with van der Waals surface area (Å²) in [7, 11) is 0. The Morgan fingerprint density at radius 2 is 1.74 bits per heavy atom. The molecule has 1 aromatic heterocycles. The van der Waals surface area contributed by atoms with Crippen LogP contribution in [-0.2, 0) is 9.53 Å². The van der Waals surface area contributed by atoms with Crippen molar-refractivity contribution in [3.05, 3.63) is 29.8 Å². The van der Waals surface area contributed by atoms with Crippen LogP contribution in [-0.4, -0.2) is 43.0 Å². The molecule has 1 aromatic carbocycles. The Morgan fingerprint density at radius 1 is 1.11 bits per heavy atom. The first-order valence-corrected chi connectivity index (χ1v) is 10.3. The standard InChI is InChI=1S/C21H26N2O3S/c1-20(2)16(21(20,3)4)17(24)22-18-15(13-7-5-6-8-14(13)27-18)19(25)23-9-11-26-12-10-23/h5-8,16H,9-12H2,1-4H3,(H,22,24). The summed E-state index contributed by atoms with van der Waals surface area (Å²) in [6, 6.07) is 7.85. The number of fused-ring (bicyclic) bond motifs is 1. The smallest absolute Gasteiger partial charge is 0.257 e. The molecule has 0 spiro atoms. The van der Waals surface area contributed by atoms with E-state index in [-0.39, 0.29) is 28.6 Å². The molecule has 144 valence electrons. The number of nitrogens with one attached hydrogen (secondary N) is 1. The number of ether oxygens (including phenoxy) is 1. The van der Waals surface area contributed by atoms with Crippen molar-refractivity contribution in [1.82, 2.24) is 4.90 Å². The summed E-state index contributed by atoms with van der Waals surface area (Å²) in [6.07, 6.45) is 0. The van der Waals surface area contributed by atoms with E-state index < -0.39 is 0 Å². The van der Waals surface area contributed by atoms with E-state index in [1.807, 2.05) is 29.2 Å². The number of morpholine rings is 1. The maximum Gasteiger partial charge on any atom is 0.257 e. The molecule has 0 atom stereocenters. The number of anilines is 1. The molecular formula is C21H26N2O3S. The summed E-state index contributed by atoms with van der Waals surface area (Å²) < 4.78 is 6.39. The molecule has 2 fully saturated rings. The number of thiophene rings is 1. The lowest BCUT2D eigenvalue weighted by molar-refractivity contribution is -0.118. The zero-order valence-corrected chi connectivity index (χ0v) is 17.1. The molecule has 0 radical (unpaired) electrons. The van der Waals surface area contributed by atoms with Crippen molar-refractivity contribution in [2.45, 2.75) is 27.7 Å². The summed E-state index contributed by atoms with van der Waals surface area (Å²) in [5.41, 5.74) is 0.534. The van der Waals surface area contributed by atoms with Crippen molar-refractivity contribution in [3.8, 4) is 0 Å². The summed E-state index contributed by atoms with van der Waals surface area (Å²) in [5, 5.41) is 4.66. The van der Waals surface area contributed by atoms with Crippen molar-refractivity contribution >= 4 is 38.2 Å². The molecule has 4 rings (SSSR count). The Hall–Kier alpha value is -1.92. The second-order valence-corrected chi connectivity index (χ2v) is 9.62. The van der Waals surface area contributed by atoms with Crippen molar-refractivity contribution in [1.29, 1.82) is 0 Å². The Kier molecular flexibility index (Phi) is 4.31. The van der Waals surface area contributed by atoms with E-state index in [4.69, 9.17) is 4.74 Å². The second-order valence-electron chi connectivity index (χ2n) is 8.57. The summed E-state index contributed by atoms with van der Waals surface area (Å²) in [6.45, 7) is 10.8. The molecule has 2 heterocycles. The van der Waals surface area contributed by atoms with Crippen LogP contribution in [0, 0.1) is 16.7 Å². The number of benzene rings is 1. The Balaban J connectivity index is 1.68. The molecule has 0 unspecified atom stereocenters. The van der Waals surface area contributed by atoms with Gasteiger partial charge in [-0.1, -0.05) is 45.9 Å². The summed E-state index contributed by atoms with van der Waals surface area (Å²) >= 11 is 1.48. The number of carbonyl (C=O) groups is 2. The third kappa shape index (κ3) is 2.86. The van der Waals surface area contributed by atoms with Gasteiger partial charge in [0.25, 0.3) is 5.91 Å². The summed E-state index contributed by atoms with van der Waals surface area (Å²) in [5.74, 6) is -0.0745. The highest BCUT2D eigenvalue weighted by Gasteiger charge is 2.68. The highest BCUT2D eigenvalue weighted by Crippen LogP contribution is 2.68. The van der Waals surface area contributed by atoms with Crippen LogP contribution in [0.4, 0.5) is 5.00 Å². The van der Waals surface area contributed by atoms with Gasteiger partial charge in [-0.25, -0.2) is 0 Å². The Bertz CT molecular complexity index is 895. The fourth-order valence-electron chi connectivity index (χ4n) is 4.31. The average Bonchev–Trinajstić information content (AvgIpc) is 2.90. The van der Waals surface area contributed by atoms with Gasteiger partial charge in [0.05, 0.1) is 18.8 Å². The van der Waals surface area contributed by atoms with E-state index in [1.165, 1.54) is 11.3 Å².